The van der Waals surface area contributed by atoms with Gasteiger partial charge in [0.15, 0.2) is 5.78 Å². The number of carbonyl (C=O) groups is 4. The number of nitrogens with zero attached hydrogens (tertiary/aromatic N) is 3. The SMILES string of the molecule is CCC(=O)N[C@@H](C(=O)N1CCN(C)CC1)[C@@H](C)c1ccc(NC(=O)[C@@H](CC(=O)c2conc2CC)C2CCCCC2)cc1. The number of benzene rings is 1. The summed E-state index contributed by atoms with van der Waals surface area (Å²) in [6, 6.07) is 6.78. The van der Waals surface area contributed by atoms with Crippen LogP contribution in [0.3, 0.4) is 0 Å². The average Bonchev–Trinajstić information content (AvgIpc) is 3.52. The molecule has 2 aromatic rings. The Kier molecular flexibility index (Phi) is 11.5. The van der Waals surface area contributed by atoms with Crippen LogP contribution in [0.25, 0.3) is 0 Å². The van der Waals surface area contributed by atoms with Gasteiger partial charge in [0.05, 0.1) is 11.3 Å². The fraction of sp³-hybridized carbons (Fsp3) is 0.606. The van der Waals surface area contributed by atoms with Gasteiger partial charge in [-0.3, -0.25) is 19.2 Å². The van der Waals surface area contributed by atoms with Gasteiger partial charge in [-0.15, -0.1) is 0 Å². The lowest BCUT2D eigenvalue weighted by molar-refractivity contribution is -0.138. The number of ketones is 1. The third-order valence-electron chi connectivity index (χ3n) is 9.16. The molecule has 10 nitrogen and oxygen atoms in total. The summed E-state index contributed by atoms with van der Waals surface area (Å²) in [7, 11) is 2.04. The molecule has 43 heavy (non-hydrogen) atoms. The van der Waals surface area contributed by atoms with Crippen LogP contribution in [-0.2, 0) is 20.8 Å². The minimum Gasteiger partial charge on any atom is -0.364 e. The molecule has 0 bridgehead atoms. The lowest BCUT2D eigenvalue weighted by Crippen LogP contribution is -2.55. The molecule has 2 heterocycles. The summed E-state index contributed by atoms with van der Waals surface area (Å²) in [6.07, 6.45) is 7.53. The van der Waals surface area contributed by atoms with Crippen molar-refractivity contribution >= 4 is 29.2 Å². The molecule has 1 aliphatic carbocycles. The molecule has 1 aromatic heterocycles. The van der Waals surface area contributed by atoms with E-state index in [2.05, 4.69) is 20.7 Å². The molecule has 4 rings (SSSR count). The van der Waals surface area contributed by atoms with Gasteiger partial charge in [0.1, 0.15) is 12.3 Å². The van der Waals surface area contributed by atoms with Crippen molar-refractivity contribution in [2.75, 3.05) is 38.5 Å². The van der Waals surface area contributed by atoms with E-state index in [1.165, 1.54) is 6.26 Å². The molecule has 0 radical (unpaired) electrons. The Morgan fingerprint density at radius 2 is 1.67 bits per heavy atom. The van der Waals surface area contributed by atoms with Gasteiger partial charge in [-0.25, -0.2) is 0 Å². The Hall–Kier alpha value is -3.53. The van der Waals surface area contributed by atoms with Gasteiger partial charge >= 0.3 is 0 Å². The van der Waals surface area contributed by atoms with Crippen molar-refractivity contribution in [3.8, 4) is 0 Å². The maximum absolute atomic E-state index is 13.6. The van der Waals surface area contributed by atoms with Crippen LogP contribution in [0.2, 0.25) is 0 Å². The molecule has 2 N–H and O–H groups in total. The van der Waals surface area contributed by atoms with E-state index in [0.29, 0.717) is 42.9 Å². The quantitative estimate of drug-likeness (QED) is 0.349. The summed E-state index contributed by atoms with van der Waals surface area (Å²) in [4.78, 5) is 56.8. The van der Waals surface area contributed by atoms with Crippen molar-refractivity contribution in [1.29, 1.82) is 0 Å². The number of anilines is 1. The van der Waals surface area contributed by atoms with Crippen LogP contribution in [0.1, 0.15) is 93.3 Å². The van der Waals surface area contributed by atoms with Crippen molar-refractivity contribution in [3.05, 3.63) is 47.3 Å². The molecule has 2 aliphatic rings. The maximum Gasteiger partial charge on any atom is 0.245 e. The third-order valence-corrected chi connectivity index (χ3v) is 9.16. The highest BCUT2D eigenvalue weighted by atomic mass is 16.5. The van der Waals surface area contributed by atoms with Crippen molar-refractivity contribution in [3.63, 3.8) is 0 Å². The van der Waals surface area contributed by atoms with Crippen molar-refractivity contribution in [2.45, 2.75) is 84.1 Å². The van der Waals surface area contributed by atoms with Crippen LogP contribution in [0.5, 0.6) is 0 Å². The Balaban J connectivity index is 1.46. The number of Topliss-reactive ketones (excluding diaryl/α,β-unsaturated/α-hetero) is 1. The van der Waals surface area contributed by atoms with Crippen molar-refractivity contribution < 1.29 is 23.7 Å². The number of hydrogen-bond acceptors (Lipinski definition) is 7. The van der Waals surface area contributed by atoms with Crippen LogP contribution < -0.4 is 10.6 Å². The van der Waals surface area contributed by atoms with Crippen LogP contribution in [-0.4, -0.2) is 77.7 Å². The summed E-state index contributed by atoms with van der Waals surface area (Å²) < 4.78 is 5.05. The molecular formula is C33H47N5O5. The first-order valence-electron chi connectivity index (χ1n) is 15.9. The fourth-order valence-electron chi connectivity index (χ4n) is 6.26. The number of nitrogens with one attached hydrogen (secondary N) is 2. The highest BCUT2D eigenvalue weighted by Gasteiger charge is 2.34. The third kappa shape index (κ3) is 8.31. The summed E-state index contributed by atoms with van der Waals surface area (Å²) in [5, 5.41) is 9.95. The number of rotatable bonds is 12. The Morgan fingerprint density at radius 1 is 1.00 bits per heavy atom. The van der Waals surface area contributed by atoms with E-state index in [-0.39, 0.29) is 41.8 Å². The molecule has 3 atom stereocenters. The monoisotopic (exact) mass is 593 g/mol. The van der Waals surface area contributed by atoms with Crippen LogP contribution >= 0.6 is 0 Å². The smallest absolute Gasteiger partial charge is 0.245 e. The van der Waals surface area contributed by atoms with E-state index in [4.69, 9.17) is 4.52 Å². The highest BCUT2D eigenvalue weighted by Crippen LogP contribution is 2.34. The molecule has 1 saturated carbocycles. The van der Waals surface area contributed by atoms with Crippen LogP contribution in [0.4, 0.5) is 5.69 Å². The minimum absolute atomic E-state index is 0.0705. The number of aryl methyl sites for hydroxylation is 1. The van der Waals surface area contributed by atoms with Crippen LogP contribution in [0.15, 0.2) is 35.1 Å². The number of aromatic nitrogens is 1. The van der Waals surface area contributed by atoms with Crippen molar-refractivity contribution in [1.82, 2.24) is 20.3 Å². The van der Waals surface area contributed by atoms with Gasteiger partial charge in [0.2, 0.25) is 17.7 Å². The second kappa shape index (κ2) is 15.3. The van der Waals surface area contributed by atoms with Gasteiger partial charge in [-0.1, -0.05) is 57.3 Å². The summed E-state index contributed by atoms with van der Waals surface area (Å²) in [5.41, 5.74) is 2.61. The standard InChI is InChI=1S/C33H47N5O5/c1-5-28-27(21-43-36-28)29(39)20-26(24-10-8-7-9-11-24)32(41)34-25-14-12-23(13-15-25)22(3)31(35-30(40)6-2)33(42)38-18-16-37(4)17-19-38/h12-15,21-22,24,26,31H,5-11,16-20H2,1-4H3,(H,34,41)(H,35,40)/t22-,26-,31+/m0/s1. The van der Waals surface area contributed by atoms with Gasteiger partial charge in [0, 0.05) is 56.5 Å². The fourth-order valence-corrected chi connectivity index (χ4v) is 6.26. The predicted octanol–water partition coefficient (Wildman–Crippen LogP) is 4.42. The molecule has 2 fully saturated rings. The zero-order valence-electron chi connectivity index (χ0n) is 26.1. The molecule has 1 aliphatic heterocycles. The second-order valence-electron chi connectivity index (χ2n) is 12.1. The molecule has 10 heteroatoms. The van der Waals surface area contributed by atoms with Crippen molar-refractivity contribution in [2.24, 2.45) is 11.8 Å². The molecule has 3 amide bonds. The summed E-state index contributed by atoms with van der Waals surface area (Å²) in [6.45, 7) is 8.51. The topological polar surface area (TPSA) is 125 Å². The maximum atomic E-state index is 13.6. The first-order chi connectivity index (χ1) is 20.7. The highest BCUT2D eigenvalue weighted by molar-refractivity contribution is 6.01. The number of likely N-dealkylation sites (N-methyl/N-ethyl adjacent to an activating group) is 1. The number of amides is 3. The molecule has 1 saturated heterocycles. The molecule has 1 aromatic carbocycles. The van der Waals surface area contributed by atoms with E-state index < -0.39 is 12.0 Å². The van der Waals surface area contributed by atoms with E-state index in [1.807, 2.05) is 50.1 Å². The summed E-state index contributed by atoms with van der Waals surface area (Å²) >= 11 is 0. The van der Waals surface area contributed by atoms with Gasteiger partial charge in [0.25, 0.3) is 0 Å². The van der Waals surface area contributed by atoms with Crippen LogP contribution in [0, 0.1) is 11.8 Å². The molecular weight excluding hydrogens is 546 g/mol. The first kappa shape index (κ1) is 32.4. The number of hydrogen-bond donors (Lipinski definition) is 2. The van der Waals surface area contributed by atoms with Gasteiger partial charge < -0.3 is 25.0 Å². The summed E-state index contributed by atoms with van der Waals surface area (Å²) in [5.74, 6) is -1.07. The normalized spacial score (nSPS) is 18.5. The molecule has 0 spiro atoms. The average molecular weight is 594 g/mol. The zero-order chi connectivity index (χ0) is 30.9. The molecule has 234 valence electrons. The number of carbonyl (C=O) groups excluding carboxylic acids is 4. The largest absolute Gasteiger partial charge is 0.364 e. The zero-order valence-corrected chi connectivity index (χ0v) is 26.1. The Bertz CT molecular complexity index is 1240. The Morgan fingerprint density at radius 3 is 2.30 bits per heavy atom. The van der Waals surface area contributed by atoms with E-state index in [1.54, 1.807) is 6.92 Å². The Labute approximate surface area is 254 Å². The van der Waals surface area contributed by atoms with E-state index in [0.717, 1.165) is 50.8 Å². The molecule has 0 unspecified atom stereocenters. The lowest BCUT2D eigenvalue weighted by atomic mass is 9.77. The van der Waals surface area contributed by atoms with E-state index in [9.17, 15) is 19.2 Å². The second-order valence-corrected chi connectivity index (χ2v) is 12.1. The lowest BCUT2D eigenvalue weighted by Gasteiger charge is -2.36. The number of piperazine rings is 1. The predicted molar refractivity (Wildman–Crippen MR) is 165 cm³/mol. The first-order valence-corrected chi connectivity index (χ1v) is 15.9. The van der Waals surface area contributed by atoms with E-state index >= 15 is 0 Å². The minimum atomic E-state index is -0.677. The van der Waals surface area contributed by atoms with Gasteiger partial charge in [-0.2, -0.15) is 0 Å². The van der Waals surface area contributed by atoms with Gasteiger partial charge in [-0.05, 0) is 49.9 Å².